The number of halogens is 2. The van der Waals surface area contributed by atoms with E-state index in [0.29, 0.717) is 18.2 Å². The summed E-state index contributed by atoms with van der Waals surface area (Å²) in [7, 11) is 1.63. The van der Waals surface area contributed by atoms with E-state index in [1.54, 1.807) is 25.4 Å². The van der Waals surface area contributed by atoms with Crippen molar-refractivity contribution >= 4 is 41.5 Å². The van der Waals surface area contributed by atoms with Gasteiger partial charge in [0.15, 0.2) is 5.96 Å². The maximum atomic E-state index is 13.1. The number of amides is 1. The molecule has 0 bridgehead atoms. The van der Waals surface area contributed by atoms with Gasteiger partial charge in [-0.3, -0.25) is 14.5 Å². The first-order valence-corrected chi connectivity index (χ1v) is 7.65. The molecule has 9 heteroatoms. The number of hydrogen-bond acceptors (Lipinski definition) is 3. The minimum Gasteiger partial charge on any atom is -0.356 e. The molecule has 0 aliphatic carbocycles. The Labute approximate surface area is 163 Å². The number of nitrogens with zero attached hydrogens (tertiary/aromatic N) is 3. The third kappa shape index (κ3) is 7.96. The molecule has 3 N–H and O–H groups in total. The highest BCUT2D eigenvalue weighted by Crippen LogP contribution is 2.08. The van der Waals surface area contributed by atoms with Gasteiger partial charge >= 0.3 is 0 Å². The highest BCUT2D eigenvalue weighted by atomic mass is 127. The lowest BCUT2D eigenvalue weighted by Gasteiger charge is -2.12. The smallest absolute Gasteiger partial charge is 0.243 e. The number of guanidine groups is 1. The first-order chi connectivity index (χ1) is 11.7. The predicted molar refractivity (Wildman–Crippen MR) is 107 cm³/mol. The topological polar surface area (TPSA) is 83.3 Å². The molecule has 0 saturated heterocycles. The van der Waals surface area contributed by atoms with Crippen molar-refractivity contribution in [2.45, 2.75) is 13.0 Å². The van der Waals surface area contributed by atoms with Gasteiger partial charge < -0.3 is 16.0 Å². The summed E-state index contributed by atoms with van der Waals surface area (Å²) in [4.78, 5) is 15.9. The molecule has 2 aromatic rings. The van der Waals surface area contributed by atoms with Crippen LogP contribution in [0.4, 0.5) is 10.1 Å². The van der Waals surface area contributed by atoms with Crippen molar-refractivity contribution < 1.29 is 9.18 Å². The molecule has 0 aliphatic heterocycles. The molecule has 7 nitrogen and oxygen atoms in total. The Hall–Kier alpha value is -2.17. The van der Waals surface area contributed by atoms with E-state index in [1.165, 1.54) is 12.1 Å². The van der Waals surface area contributed by atoms with E-state index in [2.05, 4.69) is 26.0 Å². The van der Waals surface area contributed by atoms with Crippen LogP contribution in [0.15, 0.2) is 47.7 Å². The highest BCUT2D eigenvalue weighted by Gasteiger charge is 2.04. The van der Waals surface area contributed by atoms with Crippen molar-refractivity contribution in [1.29, 1.82) is 0 Å². The van der Waals surface area contributed by atoms with Crippen molar-refractivity contribution in [2.24, 2.45) is 4.99 Å². The fourth-order valence-corrected chi connectivity index (χ4v) is 2.04. The molecule has 1 aromatic carbocycles. The largest absolute Gasteiger partial charge is 0.356 e. The molecule has 0 aliphatic rings. The van der Waals surface area contributed by atoms with E-state index in [-0.39, 0.29) is 36.4 Å². The Balaban J connectivity index is 0.00000312. The van der Waals surface area contributed by atoms with Gasteiger partial charge in [-0.1, -0.05) is 6.07 Å². The zero-order valence-electron chi connectivity index (χ0n) is 13.9. The normalized spacial score (nSPS) is 10.7. The molecule has 25 heavy (non-hydrogen) atoms. The number of hydrogen-bond donors (Lipinski definition) is 3. The molecule has 1 aromatic heterocycles. The van der Waals surface area contributed by atoms with Crippen LogP contribution in [0, 0.1) is 5.82 Å². The first kappa shape index (κ1) is 20.9. The van der Waals surface area contributed by atoms with Crippen molar-refractivity contribution in [1.82, 2.24) is 20.4 Å². The van der Waals surface area contributed by atoms with Crippen LogP contribution in [0.25, 0.3) is 0 Å². The maximum absolute atomic E-state index is 13.1. The molecule has 1 heterocycles. The van der Waals surface area contributed by atoms with Gasteiger partial charge in [-0.15, -0.1) is 24.0 Å². The predicted octanol–water partition coefficient (Wildman–Crippen LogP) is 1.83. The van der Waals surface area contributed by atoms with Crippen molar-refractivity contribution in [2.75, 3.05) is 25.5 Å². The number of aryl methyl sites for hydroxylation is 1. The average Bonchev–Trinajstić information content (AvgIpc) is 3.07. The first-order valence-electron chi connectivity index (χ1n) is 7.65. The van der Waals surface area contributed by atoms with Gasteiger partial charge in [-0.25, -0.2) is 4.39 Å². The molecule has 1 amide bonds. The number of carbonyl (C=O) groups is 1. The monoisotopic (exact) mass is 460 g/mol. The SMILES string of the molecule is CN=C(NCCCn1cccn1)NCC(=O)Nc1cccc(F)c1.I. The summed E-state index contributed by atoms with van der Waals surface area (Å²) in [6.07, 6.45) is 4.52. The van der Waals surface area contributed by atoms with Crippen LogP contribution in [-0.4, -0.2) is 41.8 Å². The molecular weight excluding hydrogens is 438 g/mol. The lowest BCUT2D eigenvalue weighted by molar-refractivity contribution is -0.115. The van der Waals surface area contributed by atoms with Crippen LogP contribution in [0.1, 0.15) is 6.42 Å². The van der Waals surface area contributed by atoms with Crippen LogP contribution in [0.2, 0.25) is 0 Å². The number of aromatic nitrogens is 2. The fourth-order valence-electron chi connectivity index (χ4n) is 2.04. The Morgan fingerprint density at radius 1 is 1.32 bits per heavy atom. The van der Waals surface area contributed by atoms with E-state index in [1.807, 2.05) is 16.9 Å². The second-order valence-corrected chi connectivity index (χ2v) is 5.03. The number of carbonyl (C=O) groups excluding carboxylic acids is 1. The van der Waals surface area contributed by atoms with Gasteiger partial charge in [0.25, 0.3) is 0 Å². The molecule has 0 atom stereocenters. The van der Waals surface area contributed by atoms with E-state index in [0.717, 1.165) is 13.0 Å². The second-order valence-electron chi connectivity index (χ2n) is 5.03. The number of aliphatic imine (C=N–C) groups is 1. The zero-order chi connectivity index (χ0) is 17.2. The Kier molecular flexibility index (Phi) is 9.51. The van der Waals surface area contributed by atoms with E-state index < -0.39 is 5.82 Å². The number of nitrogens with one attached hydrogen (secondary N) is 3. The van der Waals surface area contributed by atoms with Crippen LogP contribution in [-0.2, 0) is 11.3 Å². The summed E-state index contributed by atoms with van der Waals surface area (Å²) < 4.78 is 14.9. The van der Waals surface area contributed by atoms with E-state index >= 15 is 0 Å². The van der Waals surface area contributed by atoms with Crippen LogP contribution >= 0.6 is 24.0 Å². The zero-order valence-corrected chi connectivity index (χ0v) is 16.2. The minimum absolute atomic E-state index is 0. The van der Waals surface area contributed by atoms with Gasteiger partial charge in [-0.05, 0) is 30.7 Å². The van der Waals surface area contributed by atoms with Crippen molar-refractivity contribution in [3.8, 4) is 0 Å². The van der Waals surface area contributed by atoms with E-state index in [4.69, 9.17) is 0 Å². The quantitative estimate of drug-likeness (QED) is 0.255. The molecule has 2 rings (SSSR count). The lowest BCUT2D eigenvalue weighted by atomic mass is 10.3. The third-order valence-electron chi connectivity index (χ3n) is 3.16. The van der Waals surface area contributed by atoms with Crippen LogP contribution in [0.5, 0.6) is 0 Å². The van der Waals surface area contributed by atoms with Gasteiger partial charge in [0.2, 0.25) is 5.91 Å². The molecule has 0 fully saturated rings. The molecular formula is C16H22FIN6O. The Bertz CT molecular complexity index is 677. The summed E-state index contributed by atoms with van der Waals surface area (Å²) in [6, 6.07) is 7.64. The number of rotatable bonds is 7. The Morgan fingerprint density at radius 3 is 2.84 bits per heavy atom. The summed E-state index contributed by atoms with van der Waals surface area (Å²) in [5.74, 6) is -0.139. The molecule has 0 spiro atoms. The molecule has 136 valence electrons. The summed E-state index contributed by atoms with van der Waals surface area (Å²) in [6.45, 7) is 1.54. The van der Waals surface area contributed by atoms with E-state index in [9.17, 15) is 9.18 Å². The van der Waals surface area contributed by atoms with Gasteiger partial charge in [0.05, 0.1) is 6.54 Å². The second kappa shape index (κ2) is 11.4. The standard InChI is InChI=1S/C16H21FN6O.HI/c1-18-16(19-7-3-9-23-10-4-8-21-23)20-12-15(24)22-14-6-2-5-13(17)11-14;/h2,4-6,8,10-11H,3,7,9,12H2,1H3,(H,22,24)(H2,18,19,20);1H. The lowest BCUT2D eigenvalue weighted by Crippen LogP contribution is -2.41. The molecule has 0 saturated carbocycles. The Morgan fingerprint density at radius 2 is 2.16 bits per heavy atom. The summed E-state index contributed by atoms with van der Waals surface area (Å²) in [5, 5.41) is 12.8. The third-order valence-corrected chi connectivity index (χ3v) is 3.16. The summed E-state index contributed by atoms with van der Waals surface area (Å²) >= 11 is 0. The van der Waals surface area contributed by atoms with Crippen molar-refractivity contribution in [3.05, 3.63) is 48.5 Å². The van der Waals surface area contributed by atoms with Gasteiger partial charge in [0, 0.05) is 38.2 Å². The number of anilines is 1. The maximum Gasteiger partial charge on any atom is 0.243 e. The average molecular weight is 460 g/mol. The van der Waals surface area contributed by atoms with Crippen molar-refractivity contribution in [3.63, 3.8) is 0 Å². The van der Waals surface area contributed by atoms with Crippen LogP contribution < -0.4 is 16.0 Å². The summed E-state index contributed by atoms with van der Waals surface area (Å²) in [5.41, 5.74) is 0.420. The molecule has 0 radical (unpaired) electrons. The fraction of sp³-hybridized carbons (Fsp3) is 0.312. The minimum atomic E-state index is -0.393. The number of benzene rings is 1. The molecule has 0 unspecified atom stereocenters. The van der Waals surface area contributed by atoms with Gasteiger partial charge in [-0.2, -0.15) is 5.10 Å². The van der Waals surface area contributed by atoms with Gasteiger partial charge in [0.1, 0.15) is 5.82 Å². The van der Waals surface area contributed by atoms with Crippen LogP contribution in [0.3, 0.4) is 0 Å². The highest BCUT2D eigenvalue weighted by molar-refractivity contribution is 14.0.